The van der Waals surface area contributed by atoms with Crippen LogP contribution >= 0.6 is 7.60 Å². The molecule has 1 unspecified atom stereocenters. The Morgan fingerprint density at radius 2 is 1.27 bits per heavy atom. The highest BCUT2D eigenvalue weighted by Gasteiger charge is 2.28. The minimum Gasteiger partial charge on any atom is -0.480 e. The number of nitrogen functional groups attached to an aromatic ring is 1. The molecule has 40 heavy (non-hydrogen) atoms. The van der Waals surface area contributed by atoms with E-state index in [1.54, 1.807) is 26.8 Å². The lowest BCUT2D eigenvalue weighted by atomic mass is 10.0. The number of carboxylic acid groups (broad SMARTS) is 3. The third-order valence-electron chi connectivity index (χ3n) is 6.93. The molecule has 226 valence electrons. The number of carbonyl (C=O) groups is 3. The van der Waals surface area contributed by atoms with Gasteiger partial charge in [-0.15, -0.1) is 0 Å². The van der Waals surface area contributed by atoms with E-state index in [0.29, 0.717) is 51.3 Å². The molecule has 0 saturated carbocycles. The molecule has 0 amide bonds. The van der Waals surface area contributed by atoms with Crippen molar-refractivity contribution < 1.29 is 44.1 Å². The molecular formula is C25H42N5O9P. The summed E-state index contributed by atoms with van der Waals surface area (Å²) in [5, 5.41) is 29.0. The van der Waals surface area contributed by atoms with Crippen LogP contribution in [0.25, 0.3) is 0 Å². The Morgan fingerprint density at radius 3 is 1.73 bits per heavy atom. The number of nitrogens with zero attached hydrogens (tertiary/aromatic N) is 4. The van der Waals surface area contributed by atoms with Gasteiger partial charge in [-0.2, -0.15) is 0 Å². The predicted molar refractivity (Wildman–Crippen MR) is 148 cm³/mol. The summed E-state index contributed by atoms with van der Waals surface area (Å²) in [6.07, 6.45) is 0.771. The number of benzene rings is 1. The van der Waals surface area contributed by atoms with Crippen molar-refractivity contribution in [1.29, 1.82) is 0 Å². The van der Waals surface area contributed by atoms with Crippen LogP contribution in [0.4, 0.5) is 5.69 Å². The van der Waals surface area contributed by atoms with Crippen molar-refractivity contribution in [3.05, 3.63) is 29.8 Å². The predicted octanol–water partition coefficient (Wildman–Crippen LogP) is -0.387. The van der Waals surface area contributed by atoms with Gasteiger partial charge in [-0.1, -0.05) is 12.1 Å². The molecule has 1 aromatic carbocycles. The van der Waals surface area contributed by atoms with E-state index in [1.807, 2.05) is 17.0 Å². The number of hydrogen-bond acceptors (Lipinski definition) is 9. The molecule has 1 fully saturated rings. The van der Waals surface area contributed by atoms with Crippen LogP contribution in [0.2, 0.25) is 0 Å². The zero-order chi connectivity index (χ0) is 29.7. The highest BCUT2D eigenvalue weighted by molar-refractivity contribution is 7.51. The second-order valence-corrected chi connectivity index (χ2v) is 11.9. The van der Waals surface area contributed by atoms with E-state index in [1.165, 1.54) is 0 Å². The average molecular weight is 588 g/mol. The van der Waals surface area contributed by atoms with Gasteiger partial charge in [0, 0.05) is 58.0 Å². The topological polar surface area (TPSA) is 208 Å². The Balaban J connectivity index is 2.20. The second kappa shape index (κ2) is 16.6. The molecule has 1 aliphatic heterocycles. The number of anilines is 1. The Kier molecular flexibility index (Phi) is 14.0. The van der Waals surface area contributed by atoms with Gasteiger partial charge < -0.3 is 35.7 Å². The smallest absolute Gasteiger partial charge is 0.325 e. The first-order chi connectivity index (χ1) is 18.8. The number of hydrogen-bond donors (Lipinski definition) is 6. The Morgan fingerprint density at radius 1 is 0.800 bits per heavy atom. The molecule has 1 atom stereocenters. The number of carboxylic acids is 3. The number of rotatable bonds is 13. The summed E-state index contributed by atoms with van der Waals surface area (Å²) in [4.78, 5) is 61.0. The SMILES string of the molecule is Nc1ccc(CCC(C(=O)O)N2CCN(CC(=O)O)CCN(CCCP(=O)(O)O)CCN(CC(=O)O)CC2)cc1. The molecule has 14 nitrogen and oxygen atoms in total. The third-order valence-corrected chi connectivity index (χ3v) is 7.82. The first-order valence-electron chi connectivity index (χ1n) is 13.3. The standard InChI is InChI=1S/C25H42N5O9P/c26-21-5-2-20(3-6-21)4-7-22(25(35)36)30-15-13-28(18-23(31)32)11-9-27(8-1-17-40(37,38)39)10-12-29(14-16-30)19-24(33)34/h2-3,5-6,22H,1,4,7-19,26H2,(H,31,32)(H,33,34)(H,35,36)(H2,37,38,39). The average Bonchev–Trinajstić information content (AvgIpc) is 2.84. The minimum absolute atomic E-state index is 0.238. The summed E-state index contributed by atoms with van der Waals surface area (Å²) in [6.45, 7) is 2.51. The lowest BCUT2D eigenvalue weighted by Gasteiger charge is -2.35. The molecule has 0 aliphatic carbocycles. The van der Waals surface area contributed by atoms with Gasteiger partial charge in [-0.05, 0) is 43.5 Å². The zero-order valence-electron chi connectivity index (χ0n) is 22.7. The van der Waals surface area contributed by atoms with E-state index in [-0.39, 0.29) is 51.9 Å². The minimum atomic E-state index is -4.16. The maximum Gasteiger partial charge on any atom is 0.325 e. The van der Waals surface area contributed by atoms with Gasteiger partial charge in [0.25, 0.3) is 0 Å². The van der Waals surface area contributed by atoms with Crippen molar-refractivity contribution >= 4 is 31.2 Å². The Hall–Kier alpha value is -2.58. The van der Waals surface area contributed by atoms with Gasteiger partial charge >= 0.3 is 25.5 Å². The van der Waals surface area contributed by atoms with Crippen molar-refractivity contribution in [2.45, 2.75) is 25.3 Å². The molecule has 1 aromatic rings. The summed E-state index contributed by atoms with van der Waals surface area (Å²) < 4.78 is 11.3. The van der Waals surface area contributed by atoms with E-state index in [9.17, 15) is 44.1 Å². The van der Waals surface area contributed by atoms with Crippen molar-refractivity contribution in [1.82, 2.24) is 19.6 Å². The fourth-order valence-corrected chi connectivity index (χ4v) is 5.29. The quantitative estimate of drug-likeness (QED) is 0.128. The van der Waals surface area contributed by atoms with Crippen LogP contribution in [0.5, 0.6) is 0 Å². The molecule has 1 aliphatic rings. The fraction of sp³-hybridized carbons (Fsp3) is 0.640. The van der Waals surface area contributed by atoms with Crippen molar-refractivity contribution in [3.8, 4) is 0 Å². The van der Waals surface area contributed by atoms with Gasteiger partial charge in [0.05, 0.1) is 19.3 Å². The highest BCUT2D eigenvalue weighted by Crippen LogP contribution is 2.34. The van der Waals surface area contributed by atoms with Crippen LogP contribution in [-0.4, -0.2) is 147 Å². The summed E-state index contributed by atoms with van der Waals surface area (Å²) in [6, 6.07) is 6.34. The van der Waals surface area contributed by atoms with Crippen LogP contribution in [0.1, 0.15) is 18.4 Å². The van der Waals surface area contributed by atoms with Crippen LogP contribution < -0.4 is 5.73 Å². The van der Waals surface area contributed by atoms with Gasteiger partial charge in [0.15, 0.2) is 0 Å². The molecule has 0 spiro atoms. The highest BCUT2D eigenvalue weighted by atomic mass is 31.2. The van der Waals surface area contributed by atoms with Crippen LogP contribution in [0.15, 0.2) is 24.3 Å². The van der Waals surface area contributed by atoms with E-state index >= 15 is 0 Å². The number of aliphatic carboxylic acids is 3. The molecule has 0 radical (unpaired) electrons. The van der Waals surface area contributed by atoms with Crippen molar-refractivity contribution in [3.63, 3.8) is 0 Å². The van der Waals surface area contributed by atoms with E-state index < -0.39 is 31.5 Å². The monoisotopic (exact) mass is 587 g/mol. The van der Waals surface area contributed by atoms with Gasteiger partial charge in [-0.25, -0.2) is 0 Å². The molecule has 0 aromatic heterocycles. The molecule has 2 rings (SSSR count). The zero-order valence-corrected chi connectivity index (χ0v) is 23.6. The fourth-order valence-electron chi connectivity index (χ4n) is 4.74. The molecule has 1 saturated heterocycles. The number of nitrogens with two attached hydrogens (primary N) is 1. The maximum atomic E-state index is 12.3. The Bertz CT molecular complexity index is 975. The lowest BCUT2D eigenvalue weighted by Crippen LogP contribution is -2.51. The molecule has 7 N–H and O–H groups in total. The second-order valence-electron chi connectivity index (χ2n) is 10.1. The first kappa shape index (κ1) is 33.6. The van der Waals surface area contributed by atoms with Gasteiger partial charge in [0.1, 0.15) is 6.04 Å². The van der Waals surface area contributed by atoms with Crippen molar-refractivity contribution in [2.75, 3.05) is 83.9 Å². The molecule has 15 heteroatoms. The summed E-state index contributed by atoms with van der Waals surface area (Å²) in [7, 11) is -4.16. The van der Waals surface area contributed by atoms with E-state index in [2.05, 4.69) is 0 Å². The van der Waals surface area contributed by atoms with E-state index in [0.717, 1.165) is 5.56 Å². The largest absolute Gasteiger partial charge is 0.480 e. The number of aryl methyl sites for hydroxylation is 1. The van der Waals surface area contributed by atoms with E-state index in [4.69, 9.17) is 5.73 Å². The lowest BCUT2D eigenvalue weighted by molar-refractivity contribution is -0.145. The first-order valence-corrected chi connectivity index (χ1v) is 15.1. The third kappa shape index (κ3) is 13.7. The van der Waals surface area contributed by atoms with Crippen molar-refractivity contribution in [2.24, 2.45) is 0 Å². The summed E-state index contributed by atoms with van der Waals surface area (Å²) in [5.41, 5.74) is 7.30. The van der Waals surface area contributed by atoms with Crippen LogP contribution in [-0.2, 0) is 25.4 Å². The molecular weight excluding hydrogens is 545 g/mol. The molecule has 0 bridgehead atoms. The normalized spacial score (nSPS) is 18.4. The van der Waals surface area contributed by atoms with Gasteiger partial charge in [-0.3, -0.25) is 33.6 Å². The Labute approximate surface area is 234 Å². The summed E-state index contributed by atoms with van der Waals surface area (Å²) >= 11 is 0. The van der Waals surface area contributed by atoms with Crippen LogP contribution in [0.3, 0.4) is 0 Å². The molecule has 1 heterocycles. The summed E-state index contributed by atoms with van der Waals surface area (Å²) in [5.74, 6) is -3.04. The van der Waals surface area contributed by atoms with Crippen LogP contribution in [0, 0.1) is 0 Å². The van der Waals surface area contributed by atoms with Gasteiger partial charge in [0.2, 0.25) is 0 Å². The maximum absolute atomic E-state index is 12.3.